The van der Waals surface area contributed by atoms with Gasteiger partial charge in [0.2, 0.25) is 5.43 Å². The predicted molar refractivity (Wildman–Crippen MR) is 94.7 cm³/mol. The minimum absolute atomic E-state index is 0.133. The molecule has 0 radical (unpaired) electrons. The number of aryl methyl sites for hydroxylation is 1. The third-order valence-electron chi connectivity index (χ3n) is 4.76. The number of carbonyl (C=O) groups excluding carboxylic acids is 1. The quantitative estimate of drug-likeness (QED) is 0.813. The van der Waals surface area contributed by atoms with Crippen LogP contribution in [0.3, 0.4) is 0 Å². The second kappa shape index (κ2) is 6.77. The molecular formula is C19H24N2O3. The van der Waals surface area contributed by atoms with Crippen LogP contribution in [0.4, 0.5) is 0 Å². The maximum Gasteiger partial charge on any atom is 0.343 e. The van der Waals surface area contributed by atoms with Crippen LogP contribution < -0.4 is 5.43 Å². The minimum Gasteiger partial charge on any atom is -0.462 e. The van der Waals surface area contributed by atoms with Crippen LogP contribution in [0.5, 0.6) is 0 Å². The highest BCUT2D eigenvalue weighted by atomic mass is 16.5. The summed E-state index contributed by atoms with van der Waals surface area (Å²) < 4.78 is 7.19. The highest BCUT2D eigenvalue weighted by Gasteiger charge is 2.23. The zero-order valence-corrected chi connectivity index (χ0v) is 14.5. The first-order valence-electron chi connectivity index (χ1n) is 8.52. The summed E-state index contributed by atoms with van der Waals surface area (Å²) in [6.45, 7) is 5.99. The van der Waals surface area contributed by atoms with Crippen LogP contribution in [-0.4, -0.2) is 42.2 Å². The van der Waals surface area contributed by atoms with Gasteiger partial charge in [-0.3, -0.25) is 4.79 Å². The SMILES string of the molecule is CCOC(=O)c1cn(C2CCN(C)CC2)c2ccc(C)cc2c1=O. The smallest absolute Gasteiger partial charge is 0.343 e. The van der Waals surface area contributed by atoms with Crippen molar-refractivity contribution in [3.8, 4) is 0 Å². The summed E-state index contributed by atoms with van der Waals surface area (Å²) in [4.78, 5) is 27.3. The molecule has 128 valence electrons. The number of pyridine rings is 1. The van der Waals surface area contributed by atoms with E-state index in [4.69, 9.17) is 4.74 Å². The molecule has 1 aromatic heterocycles. The average molecular weight is 328 g/mol. The van der Waals surface area contributed by atoms with Crippen LogP contribution in [-0.2, 0) is 4.74 Å². The van der Waals surface area contributed by atoms with Crippen LogP contribution >= 0.6 is 0 Å². The van der Waals surface area contributed by atoms with Crippen molar-refractivity contribution in [3.05, 3.63) is 45.7 Å². The van der Waals surface area contributed by atoms with E-state index < -0.39 is 5.97 Å². The number of hydrogen-bond acceptors (Lipinski definition) is 4. The van der Waals surface area contributed by atoms with Gasteiger partial charge >= 0.3 is 5.97 Å². The summed E-state index contributed by atoms with van der Waals surface area (Å²) in [6.07, 6.45) is 3.71. The fourth-order valence-electron chi connectivity index (χ4n) is 3.40. The summed E-state index contributed by atoms with van der Waals surface area (Å²) in [5.41, 5.74) is 1.80. The number of carbonyl (C=O) groups is 1. The molecule has 0 saturated carbocycles. The monoisotopic (exact) mass is 328 g/mol. The Morgan fingerprint density at radius 1 is 1.29 bits per heavy atom. The number of rotatable bonds is 3. The van der Waals surface area contributed by atoms with Crippen LogP contribution in [0, 0.1) is 6.92 Å². The third-order valence-corrected chi connectivity index (χ3v) is 4.76. The first-order chi connectivity index (χ1) is 11.5. The van der Waals surface area contributed by atoms with Crippen molar-refractivity contribution in [2.45, 2.75) is 32.7 Å². The first kappa shape index (κ1) is 16.7. The normalized spacial score (nSPS) is 16.5. The van der Waals surface area contributed by atoms with Gasteiger partial charge in [-0.05, 0) is 59.0 Å². The molecule has 0 bridgehead atoms. The number of aromatic nitrogens is 1. The molecule has 0 spiro atoms. The fraction of sp³-hybridized carbons (Fsp3) is 0.474. The minimum atomic E-state index is -0.535. The molecule has 0 amide bonds. The summed E-state index contributed by atoms with van der Waals surface area (Å²) >= 11 is 0. The molecule has 2 heterocycles. The van der Waals surface area contributed by atoms with E-state index in [1.165, 1.54) is 0 Å². The number of nitrogens with zero attached hydrogens (tertiary/aromatic N) is 2. The van der Waals surface area contributed by atoms with E-state index in [1.54, 1.807) is 13.1 Å². The second-order valence-electron chi connectivity index (χ2n) is 6.55. The third kappa shape index (κ3) is 3.08. The van der Waals surface area contributed by atoms with Gasteiger partial charge in [0.05, 0.1) is 12.1 Å². The highest BCUT2D eigenvalue weighted by Crippen LogP contribution is 2.26. The Morgan fingerprint density at radius 2 is 2.00 bits per heavy atom. The largest absolute Gasteiger partial charge is 0.462 e. The van der Waals surface area contributed by atoms with Gasteiger partial charge in [-0.2, -0.15) is 0 Å². The molecule has 3 rings (SSSR count). The van der Waals surface area contributed by atoms with Crippen molar-refractivity contribution in [3.63, 3.8) is 0 Å². The molecular weight excluding hydrogens is 304 g/mol. The number of benzene rings is 1. The lowest BCUT2D eigenvalue weighted by Crippen LogP contribution is -2.32. The van der Waals surface area contributed by atoms with Crippen molar-refractivity contribution in [2.24, 2.45) is 0 Å². The lowest BCUT2D eigenvalue weighted by Gasteiger charge is -2.31. The molecule has 5 nitrogen and oxygen atoms in total. The molecule has 1 fully saturated rings. The van der Waals surface area contributed by atoms with E-state index in [0.29, 0.717) is 11.4 Å². The number of esters is 1. The molecule has 2 aromatic rings. The number of piperidine rings is 1. The van der Waals surface area contributed by atoms with Crippen molar-refractivity contribution in [1.82, 2.24) is 9.47 Å². The summed E-state index contributed by atoms with van der Waals surface area (Å²) in [5.74, 6) is -0.535. The Bertz CT molecular complexity index is 817. The Labute approximate surface area is 141 Å². The van der Waals surface area contributed by atoms with Crippen molar-refractivity contribution in [2.75, 3.05) is 26.7 Å². The molecule has 5 heteroatoms. The van der Waals surface area contributed by atoms with Gasteiger partial charge in [0.15, 0.2) is 0 Å². The van der Waals surface area contributed by atoms with Gasteiger partial charge in [-0.1, -0.05) is 11.6 Å². The van der Waals surface area contributed by atoms with Gasteiger partial charge in [-0.25, -0.2) is 4.79 Å². The van der Waals surface area contributed by atoms with Gasteiger partial charge in [0.1, 0.15) is 5.56 Å². The standard InChI is InChI=1S/C19H24N2O3/c1-4-24-19(23)16-12-21(14-7-9-20(3)10-8-14)17-6-5-13(2)11-15(17)18(16)22/h5-6,11-12,14H,4,7-10H2,1-3H3. The van der Waals surface area contributed by atoms with Crippen molar-refractivity contribution >= 4 is 16.9 Å². The van der Waals surface area contributed by atoms with Crippen LogP contribution in [0.25, 0.3) is 10.9 Å². The number of likely N-dealkylation sites (tertiary alicyclic amines) is 1. The van der Waals surface area contributed by atoms with E-state index in [1.807, 2.05) is 25.1 Å². The van der Waals surface area contributed by atoms with E-state index in [-0.39, 0.29) is 17.6 Å². The van der Waals surface area contributed by atoms with E-state index in [9.17, 15) is 9.59 Å². The highest BCUT2D eigenvalue weighted by molar-refractivity contribution is 5.94. The molecule has 0 aliphatic carbocycles. The lowest BCUT2D eigenvalue weighted by molar-refractivity contribution is 0.0524. The average Bonchev–Trinajstić information content (AvgIpc) is 2.57. The summed E-state index contributed by atoms with van der Waals surface area (Å²) in [6, 6.07) is 6.16. The van der Waals surface area contributed by atoms with Crippen LogP contribution in [0.2, 0.25) is 0 Å². The molecule has 1 aliphatic heterocycles. The molecule has 1 saturated heterocycles. The number of ether oxygens (including phenoxy) is 1. The Balaban J connectivity index is 2.18. The predicted octanol–water partition coefficient (Wildman–Crippen LogP) is 2.75. The van der Waals surface area contributed by atoms with Crippen molar-refractivity contribution in [1.29, 1.82) is 0 Å². The summed E-state index contributed by atoms with van der Waals surface area (Å²) in [5, 5.41) is 0.597. The Morgan fingerprint density at radius 3 is 2.67 bits per heavy atom. The van der Waals surface area contributed by atoms with Gasteiger partial charge in [-0.15, -0.1) is 0 Å². The topological polar surface area (TPSA) is 51.5 Å². The van der Waals surface area contributed by atoms with E-state index >= 15 is 0 Å². The molecule has 0 atom stereocenters. The zero-order valence-electron chi connectivity index (χ0n) is 14.5. The van der Waals surface area contributed by atoms with E-state index in [0.717, 1.165) is 37.0 Å². The van der Waals surface area contributed by atoms with Gasteiger partial charge in [0.25, 0.3) is 0 Å². The lowest BCUT2D eigenvalue weighted by atomic mass is 10.0. The molecule has 24 heavy (non-hydrogen) atoms. The van der Waals surface area contributed by atoms with Crippen molar-refractivity contribution < 1.29 is 9.53 Å². The fourth-order valence-corrected chi connectivity index (χ4v) is 3.40. The second-order valence-corrected chi connectivity index (χ2v) is 6.55. The maximum absolute atomic E-state index is 12.8. The van der Waals surface area contributed by atoms with Gasteiger partial charge < -0.3 is 14.2 Å². The maximum atomic E-state index is 12.8. The molecule has 1 aliphatic rings. The van der Waals surface area contributed by atoms with E-state index in [2.05, 4.69) is 16.5 Å². The Kier molecular flexibility index (Phi) is 4.71. The first-order valence-corrected chi connectivity index (χ1v) is 8.52. The van der Waals surface area contributed by atoms with Gasteiger partial charge in [0, 0.05) is 17.6 Å². The number of fused-ring (bicyclic) bond motifs is 1. The van der Waals surface area contributed by atoms with Crippen LogP contribution in [0.15, 0.2) is 29.2 Å². The molecule has 1 aromatic carbocycles. The molecule has 0 N–H and O–H groups in total. The Hall–Kier alpha value is -2.14. The summed E-state index contributed by atoms with van der Waals surface area (Å²) in [7, 11) is 2.12. The van der Waals surface area contributed by atoms with Crippen LogP contribution in [0.1, 0.15) is 41.7 Å². The zero-order chi connectivity index (χ0) is 17.3. The number of hydrogen-bond donors (Lipinski definition) is 0. The molecule has 0 unspecified atom stereocenters.